The van der Waals surface area contributed by atoms with E-state index in [4.69, 9.17) is 0 Å². The molecule has 1 aromatic carbocycles. The second kappa shape index (κ2) is 8.22. The van der Waals surface area contributed by atoms with Gasteiger partial charge in [-0.25, -0.2) is 0 Å². The maximum Gasteiger partial charge on any atom is 0.130 e. The summed E-state index contributed by atoms with van der Waals surface area (Å²) in [4.78, 5) is 10.7. The summed E-state index contributed by atoms with van der Waals surface area (Å²) in [5.41, 5.74) is 2.61. The minimum Gasteiger partial charge on any atom is -0.300 e. The third-order valence-electron chi connectivity index (χ3n) is 2.20. The number of ketones is 1. The van der Waals surface area contributed by atoms with Gasteiger partial charge in [0.25, 0.3) is 0 Å². The van der Waals surface area contributed by atoms with E-state index >= 15 is 0 Å². The van der Waals surface area contributed by atoms with Crippen molar-refractivity contribution in [1.29, 1.82) is 0 Å². The minimum atomic E-state index is 0.263. The first-order valence-corrected chi connectivity index (χ1v) is 5.79. The molecule has 0 spiro atoms. The minimum absolute atomic E-state index is 0.263. The highest BCUT2D eigenvalue weighted by Gasteiger charge is 1.96. The largest absolute Gasteiger partial charge is 0.300 e. The van der Waals surface area contributed by atoms with Crippen molar-refractivity contribution in [2.75, 3.05) is 0 Å². The van der Waals surface area contributed by atoms with E-state index < -0.39 is 0 Å². The van der Waals surface area contributed by atoms with Crippen LogP contribution in [0.5, 0.6) is 0 Å². The first-order chi connectivity index (χ1) is 7.22. The molecule has 84 valence electrons. The predicted octanol–water partition coefficient (Wildman–Crippen LogP) is 3.80. The van der Waals surface area contributed by atoms with Crippen LogP contribution in [0.1, 0.15) is 45.2 Å². The second-order valence-electron chi connectivity index (χ2n) is 3.37. The van der Waals surface area contributed by atoms with Gasteiger partial charge in [0, 0.05) is 6.42 Å². The van der Waals surface area contributed by atoms with Gasteiger partial charge in [0.05, 0.1) is 0 Å². The summed E-state index contributed by atoms with van der Waals surface area (Å²) >= 11 is 0. The summed E-state index contributed by atoms with van der Waals surface area (Å²) < 4.78 is 0. The van der Waals surface area contributed by atoms with Gasteiger partial charge in [-0.3, -0.25) is 0 Å². The molecule has 1 aromatic rings. The number of hydrogen-bond donors (Lipinski definition) is 0. The van der Waals surface area contributed by atoms with Gasteiger partial charge < -0.3 is 4.79 Å². The van der Waals surface area contributed by atoms with Crippen molar-refractivity contribution in [3.05, 3.63) is 35.4 Å². The molecule has 1 nitrogen and oxygen atoms in total. The summed E-state index contributed by atoms with van der Waals surface area (Å²) in [7, 11) is 0. The van der Waals surface area contributed by atoms with Crippen molar-refractivity contribution in [3.8, 4) is 0 Å². The van der Waals surface area contributed by atoms with E-state index in [1.807, 2.05) is 13.8 Å². The fourth-order valence-electron chi connectivity index (χ4n) is 1.26. The third kappa shape index (κ3) is 6.05. The Labute approximate surface area is 93.5 Å². The van der Waals surface area contributed by atoms with Crippen LogP contribution in [0.15, 0.2) is 24.3 Å². The Morgan fingerprint density at radius 1 is 1.07 bits per heavy atom. The molecule has 0 aliphatic heterocycles. The monoisotopic (exact) mass is 206 g/mol. The Hall–Kier alpha value is -1.11. The average Bonchev–Trinajstić information content (AvgIpc) is 2.30. The zero-order valence-corrected chi connectivity index (χ0v) is 10.3. The molecule has 0 saturated carbocycles. The Kier molecular flexibility index (Phi) is 7.61. The first-order valence-electron chi connectivity index (χ1n) is 5.79. The van der Waals surface area contributed by atoms with Crippen molar-refractivity contribution in [2.24, 2.45) is 0 Å². The van der Waals surface area contributed by atoms with Crippen molar-refractivity contribution in [3.63, 3.8) is 0 Å². The third-order valence-corrected chi connectivity index (χ3v) is 2.20. The molecule has 0 aliphatic carbocycles. The molecule has 15 heavy (non-hydrogen) atoms. The van der Waals surface area contributed by atoms with Gasteiger partial charge in [-0.1, -0.05) is 45.0 Å². The first kappa shape index (κ1) is 13.9. The highest BCUT2D eigenvalue weighted by Crippen LogP contribution is 2.07. The molecule has 1 rings (SSSR count). The average molecular weight is 206 g/mol. The van der Waals surface area contributed by atoms with E-state index in [-0.39, 0.29) is 5.78 Å². The number of carbonyl (C=O) groups excluding carboxylic acids is 1. The summed E-state index contributed by atoms with van der Waals surface area (Å²) in [6.45, 7) is 7.78. The van der Waals surface area contributed by atoms with Crippen LogP contribution < -0.4 is 0 Å². The molecule has 0 amide bonds. The van der Waals surface area contributed by atoms with E-state index in [9.17, 15) is 4.79 Å². The molecule has 0 radical (unpaired) electrons. The molecule has 0 unspecified atom stereocenters. The van der Waals surface area contributed by atoms with E-state index in [1.165, 1.54) is 11.1 Å². The molecule has 0 N–H and O–H groups in total. The number of aryl methyl sites for hydroxylation is 2. The quantitative estimate of drug-likeness (QED) is 0.732. The van der Waals surface area contributed by atoms with Crippen molar-refractivity contribution >= 4 is 5.78 Å². The predicted molar refractivity (Wildman–Crippen MR) is 66.2 cm³/mol. The number of benzene rings is 1. The van der Waals surface area contributed by atoms with Crippen LogP contribution in [0.25, 0.3) is 0 Å². The lowest BCUT2D eigenvalue weighted by Crippen LogP contribution is -1.93. The number of Topliss-reactive ketones (excluding diaryl/α,β-unsaturated/α-hetero) is 1. The maximum atomic E-state index is 10.7. The van der Waals surface area contributed by atoms with Crippen LogP contribution >= 0.6 is 0 Å². The van der Waals surface area contributed by atoms with Crippen molar-refractivity contribution < 1.29 is 4.79 Å². The standard InChI is InChI=1S/C12H16O.C2H6/c1-3-11-6-8-12(9-7-11)5-4-10(2)13;1-2/h6-9H,3-5H2,1-2H3;1-2H3. The van der Waals surface area contributed by atoms with Crippen LogP contribution in [0, 0.1) is 0 Å². The summed E-state index contributed by atoms with van der Waals surface area (Å²) in [5.74, 6) is 0.263. The zero-order valence-electron chi connectivity index (χ0n) is 10.3. The second-order valence-corrected chi connectivity index (χ2v) is 3.37. The molecule has 0 aromatic heterocycles. The van der Waals surface area contributed by atoms with Gasteiger partial charge in [0.15, 0.2) is 0 Å². The number of carbonyl (C=O) groups is 1. The molecule has 1 heteroatoms. The van der Waals surface area contributed by atoms with Gasteiger partial charge in [0.1, 0.15) is 5.78 Å². The van der Waals surface area contributed by atoms with Gasteiger partial charge in [-0.2, -0.15) is 0 Å². The van der Waals surface area contributed by atoms with E-state index in [0.29, 0.717) is 6.42 Å². The smallest absolute Gasteiger partial charge is 0.130 e. The zero-order chi connectivity index (χ0) is 11.7. The van der Waals surface area contributed by atoms with E-state index in [0.717, 1.165) is 12.8 Å². The van der Waals surface area contributed by atoms with Gasteiger partial charge >= 0.3 is 0 Å². The van der Waals surface area contributed by atoms with Gasteiger partial charge in [-0.15, -0.1) is 0 Å². The van der Waals surface area contributed by atoms with Crippen LogP contribution in [-0.2, 0) is 17.6 Å². The molecule has 0 saturated heterocycles. The van der Waals surface area contributed by atoms with Gasteiger partial charge in [-0.05, 0) is 30.9 Å². The van der Waals surface area contributed by atoms with Crippen molar-refractivity contribution in [1.82, 2.24) is 0 Å². The Morgan fingerprint density at radius 2 is 1.53 bits per heavy atom. The molecule has 0 bridgehead atoms. The summed E-state index contributed by atoms with van der Waals surface area (Å²) in [5, 5.41) is 0. The van der Waals surface area contributed by atoms with Crippen LogP contribution in [-0.4, -0.2) is 5.78 Å². The van der Waals surface area contributed by atoms with E-state index in [1.54, 1.807) is 6.92 Å². The van der Waals surface area contributed by atoms with Crippen LogP contribution in [0.4, 0.5) is 0 Å². The summed E-state index contributed by atoms with van der Waals surface area (Å²) in [6, 6.07) is 8.49. The number of hydrogen-bond acceptors (Lipinski definition) is 1. The van der Waals surface area contributed by atoms with Crippen LogP contribution in [0.2, 0.25) is 0 Å². The Morgan fingerprint density at radius 3 is 1.93 bits per heavy atom. The molecule has 0 atom stereocenters. The maximum absolute atomic E-state index is 10.7. The topological polar surface area (TPSA) is 17.1 Å². The molecular formula is C14H22O. The Bertz CT molecular complexity index is 272. The fourth-order valence-corrected chi connectivity index (χ4v) is 1.26. The normalized spacial score (nSPS) is 9.07. The Balaban J connectivity index is 0.000000921. The lowest BCUT2D eigenvalue weighted by molar-refractivity contribution is -0.116. The lowest BCUT2D eigenvalue weighted by Gasteiger charge is -2.00. The fraction of sp³-hybridized carbons (Fsp3) is 0.500. The van der Waals surface area contributed by atoms with Crippen molar-refractivity contribution in [2.45, 2.75) is 47.0 Å². The van der Waals surface area contributed by atoms with E-state index in [2.05, 4.69) is 31.2 Å². The summed E-state index contributed by atoms with van der Waals surface area (Å²) in [6.07, 6.45) is 2.61. The molecular weight excluding hydrogens is 184 g/mol. The highest BCUT2D eigenvalue weighted by molar-refractivity contribution is 5.75. The van der Waals surface area contributed by atoms with Crippen LogP contribution in [0.3, 0.4) is 0 Å². The molecule has 0 fully saturated rings. The molecule has 0 aliphatic rings. The lowest BCUT2D eigenvalue weighted by atomic mass is 10.1. The molecule has 0 heterocycles. The van der Waals surface area contributed by atoms with Gasteiger partial charge in [0.2, 0.25) is 0 Å². The number of rotatable bonds is 4. The SMILES string of the molecule is CC.CCc1ccc(CCC(C)=O)cc1. The highest BCUT2D eigenvalue weighted by atomic mass is 16.1.